The molecule has 0 spiro atoms. The zero-order valence-electron chi connectivity index (χ0n) is 19.9. The molecule has 3 atom stereocenters. The lowest BCUT2D eigenvalue weighted by Gasteiger charge is -2.29. The van der Waals surface area contributed by atoms with Crippen LogP contribution in [-0.2, 0) is 19.2 Å². The maximum Gasteiger partial charge on any atom is 0.337 e. The molecule has 2 saturated heterocycles. The van der Waals surface area contributed by atoms with Crippen molar-refractivity contribution in [1.82, 2.24) is 0 Å². The van der Waals surface area contributed by atoms with E-state index in [0.29, 0.717) is 34.0 Å². The second-order valence-electron chi connectivity index (χ2n) is 8.32. The minimum absolute atomic E-state index is 0.313. The lowest BCUT2D eigenvalue weighted by atomic mass is 9.90. The van der Waals surface area contributed by atoms with Crippen LogP contribution in [0.3, 0.4) is 0 Å². The minimum Gasteiger partial charge on any atom is -0.497 e. The first-order valence-electron chi connectivity index (χ1n) is 11.3. The Balaban J connectivity index is 1.57. The van der Waals surface area contributed by atoms with Crippen molar-refractivity contribution in [3.63, 3.8) is 0 Å². The predicted octanol–water partition coefficient (Wildman–Crippen LogP) is 3.54. The molecular formula is C27H24N2O7. The maximum atomic E-state index is 13.8. The van der Waals surface area contributed by atoms with Gasteiger partial charge in [0.2, 0.25) is 5.91 Å². The van der Waals surface area contributed by atoms with Gasteiger partial charge in [-0.15, -0.1) is 0 Å². The molecular weight excluding hydrogens is 464 g/mol. The Morgan fingerprint density at radius 1 is 0.833 bits per heavy atom. The number of amides is 2. The normalized spacial score (nSPS) is 20.9. The first-order chi connectivity index (χ1) is 17.5. The molecule has 3 aromatic rings. The second-order valence-corrected chi connectivity index (χ2v) is 8.32. The van der Waals surface area contributed by atoms with Gasteiger partial charge in [0.1, 0.15) is 17.4 Å². The van der Waals surface area contributed by atoms with Crippen molar-refractivity contribution in [2.24, 2.45) is 5.92 Å². The molecule has 2 fully saturated rings. The first-order valence-corrected chi connectivity index (χ1v) is 11.3. The molecule has 2 heterocycles. The van der Waals surface area contributed by atoms with E-state index in [1.807, 2.05) is 36.4 Å². The van der Waals surface area contributed by atoms with Gasteiger partial charge in [0, 0.05) is 11.6 Å². The SMILES string of the molecule is COC(=O)c1ccc(N2C(=O)[C@H]3[C@H](ON(c4ccccc4)[C@H]3c3ccc(OC)cc3OC)C2=O)cc1. The Morgan fingerprint density at radius 3 is 2.19 bits per heavy atom. The van der Waals surface area contributed by atoms with Gasteiger partial charge in [-0.1, -0.05) is 18.2 Å². The highest BCUT2D eigenvalue weighted by molar-refractivity contribution is 6.24. The molecule has 0 saturated carbocycles. The highest BCUT2D eigenvalue weighted by atomic mass is 16.7. The molecule has 2 amide bonds. The summed E-state index contributed by atoms with van der Waals surface area (Å²) in [6.07, 6.45) is -1.03. The van der Waals surface area contributed by atoms with Crippen molar-refractivity contribution in [3.05, 3.63) is 83.9 Å². The zero-order valence-corrected chi connectivity index (χ0v) is 19.9. The van der Waals surface area contributed by atoms with Gasteiger partial charge in [0.25, 0.3) is 5.91 Å². The van der Waals surface area contributed by atoms with Crippen LogP contribution in [0.1, 0.15) is 22.0 Å². The number of para-hydroxylation sites is 1. The first kappa shape index (κ1) is 23.4. The monoisotopic (exact) mass is 488 g/mol. The number of benzene rings is 3. The summed E-state index contributed by atoms with van der Waals surface area (Å²) >= 11 is 0. The van der Waals surface area contributed by atoms with Gasteiger partial charge in [0.15, 0.2) is 6.10 Å². The van der Waals surface area contributed by atoms with E-state index in [1.165, 1.54) is 26.4 Å². The zero-order chi connectivity index (χ0) is 25.4. The number of imide groups is 1. The molecule has 0 unspecified atom stereocenters. The van der Waals surface area contributed by atoms with Crippen LogP contribution in [0.2, 0.25) is 0 Å². The van der Waals surface area contributed by atoms with E-state index < -0.39 is 35.8 Å². The smallest absolute Gasteiger partial charge is 0.337 e. The number of carbonyl (C=O) groups excluding carboxylic acids is 3. The highest BCUT2D eigenvalue weighted by Gasteiger charge is 2.60. The topological polar surface area (TPSA) is 94.6 Å². The fourth-order valence-corrected chi connectivity index (χ4v) is 4.71. The number of hydroxylamine groups is 1. The highest BCUT2D eigenvalue weighted by Crippen LogP contribution is 2.49. The lowest BCUT2D eigenvalue weighted by Crippen LogP contribution is -2.37. The molecule has 184 valence electrons. The molecule has 0 aliphatic carbocycles. The number of fused-ring (bicyclic) bond motifs is 1. The number of ether oxygens (including phenoxy) is 3. The van der Waals surface area contributed by atoms with Gasteiger partial charge in [-0.25, -0.2) is 14.8 Å². The third-order valence-corrected chi connectivity index (χ3v) is 6.43. The van der Waals surface area contributed by atoms with E-state index in [0.717, 1.165) is 4.90 Å². The molecule has 5 rings (SSSR count). The van der Waals surface area contributed by atoms with Gasteiger partial charge >= 0.3 is 5.97 Å². The van der Waals surface area contributed by atoms with Crippen LogP contribution in [0.4, 0.5) is 11.4 Å². The summed E-state index contributed by atoms with van der Waals surface area (Å²) in [5.41, 5.74) is 2.04. The van der Waals surface area contributed by atoms with Crippen molar-refractivity contribution < 1.29 is 33.4 Å². The molecule has 0 N–H and O–H groups in total. The Kier molecular flexibility index (Phi) is 6.07. The number of anilines is 2. The summed E-state index contributed by atoms with van der Waals surface area (Å²) in [4.78, 5) is 46.4. The van der Waals surface area contributed by atoms with Crippen LogP contribution in [0.25, 0.3) is 0 Å². The summed E-state index contributed by atoms with van der Waals surface area (Å²) in [7, 11) is 4.38. The number of carbonyl (C=O) groups is 3. The van der Waals surface area contributed by atoms with E-state index in [2.05, 4.69) is 0 Å². The molecule has 0 radical (unpaired) electrons. The summed E-state index contributed by atoms with van der Waals surface area (Å²) in [6.45, 7) is 0. The Morgan fingerprint density at radius 2 is 1.56 bits per heavy atom. The number of rotatable bonds is 6. The van der Waals surface area contributed by atoms with Crippen LogP contribution >= 0.6 is 0 Å². The van der Waals surface area contributed by atoms with Gasteiger partial charge in [-0.3, -0.25) is 14.4 Å². The number of nitrogens with zero attached hydrogens (tertiary/aromatic N) is 2. The largest absolute Gasteiger partial charge is 0.497 e. The minimum atomic E-state index is -1.03. The van der Waals surface area contributed by atoms with Crippen molar-refractivity contribution in [2.75, 3.05) is 31.3 Å². The van der Waals surface area contributed by atoms with E-state index >= 15 is 0 Å². The number of hydrogen-bond donors (Lipinski definition) is 0. The average molecular weight is 488 g/mol. The molecule has 0 aromatic heterocycles. The van der Waals surface area contributed by atoms with Crippen LogP contribution in [0.15, 0.2) is 72.8 Å². The van der Waals surface area contributed by atoms with Crippen LogP contribution in [0, 0.1) is 5.92 Å². The molecule has 36 heavy (non-hydrogen) atoms. The quantitative estimate of drug-likeness (QED) is 0.384. The Bertz CT molecular complexity index is 1310. The van der Waals surface area contributed by atoms with Crippen LogP contribution < -0.4 is 19.4 Å². The number of esters is 1. The summed E-state index contributed by atoms with van der Waals surface area (Å²) in [5, 5.41) is 1.60. The van der Waals surface area contributed by atoms with Gasteiger partial charge in [0.05, 0.1) is 44.3 Å². The standard InChI is InChI=1S/C27H24N2O7/c1-33-19-13-14-20(21(15-19)34-2)23-22-24(36-29(23)18-7-5-4-6-8-18)26(31)28(25(22)30)17-11-9-16(10-12-17)27(32)35-3/h4-15,22-24H,1-3H3/t22-,23+,24+/m1/s1. The van der Waals surface area contributed by atoms with Crippen molar-refractivity contribution in [3.8, 4) is 11.5 Å². The average Bonchev–Trinajstić information content (AvgIpc) is 3.43. The van der Waals surface area contributed by atoms with E-state index in [-0.39, 0.29) is 0 Å². The van der Waals surface area contributed by atoms with E-state index in [4.69, 9.17) is 19.0 Å². The molecule has 2 aliphatic rings. The molecule has 2 aliphatic heterocycles. The van der Waals surface area contributed by atoms with Crippen molar-refractivity contribution in [2.45, 2.75) is 12.1 Å². The lowest BCUT2D eigenvalue weighted by molar-refractivity contribution is -0.126. The molecule has 9 nitrogen and oxygen atoms in total. The fraction of sp³-hybridized carbons (Fsp3) is 0.222. The van der Waals surface area contributed by atoms with Gasteiger partial charge < -0.3 is 14.2 Å². The fourth-order valence-electron chi connectivity index (χ4n) is 4.71. The Hall–Kier alpha value is -4.37. The van der Waals surface area contributed by atoms with Crippen LogP contribution in [-0.4, -0.2) is 45.2 Å². The van der Waals surface area contributed by atoms with E-state index in [1.54, 1.807) is 36.4 Å². The van der Waals surface area contributed by atoms with Crippen molar-refractivity contribution >= 4 is 29.2 Å². The Labute approximate surface area is 207 Å². The second kappa shape index (κ2) is 9.35. The summed E-state index contributed by atoms with van der Waals surface area (Å²) in [6, 6.07) is 20.1. The summed E-state index contributed by atoms with van der Waals surface area (Å²) in [5.74, 6) is -1.13. The molecule has 0 bridgehead atoms. The van der Waals surface area contributed by atoms with Gasteiger partial charge in [-0.05, 0) is 48.5 Å². The predicted molar refractivity (Wildman–Crippen MR) is 130 cm³/mol. The molecule has 9 heteroatoms. The third kappa shape index (κ3) is 3.74. The van der Waals surface area contributed by atoms with Crippen LogP contribution in [0.5, 0.6) is 11.5 Å². The summed E-state index contributed by atoms with van der Waals surface area (Å²) < 4.78 is 15.7. The van der Waals surface area contributed by atoms with Gasteiger partial charge in [-0.2, -0.15) is 0 Å². The van der Waals surface area contributed by atoms with E-state index in [9.17, 15) is 14.4 Å². The third-order valence-electron chi connectivity index (χ3n) is 6.43. The number of methoxy groups -OCH3 is 3. The number of hydrogen-bond acceptors (Lipinski definition) is 8. The van der Waals surface area contributed by atoms with Crippen molar-refractivity contribution in [1.29, 1.82) is 0 Å². The maximum absolute atomic E-state index is 13.8. The molecule has 3 aromatic carbocycles.